The first-order valence-corrected chi connectivity index (χ1v) is 10.5. The monoisotopic (exact) mass is 435 g/mol. The first-order valence-electron chi connectivity index (χ1n) is 10.1. The van der Waals surface area contributed by atoms with Gasteiger partial charge in [-0.15, -0.1) is 0 Å². The van der Waals surface area contributed by atoms with Crippen molar-refractivity contribution >= 4 is 40.7 Å². The molecule has 0 unspecified atom stereocenters. The van der Waals surface area contributed by atoms with Gasteiger partial charge in [0.05, 0.1) is 11.3 Å². The molecular weight excluding hydrogens is 414 g/mol. The minimum Gasteiger partial charge on any atom is -0.341 e. The summed E-state index contributed by atoms with van der Waals surface area (Å²) in [5.74, 6) is 0.174. The number of nitrogens with zero attached hydrogens (tertiary/aromatic N) is 3. The highest BCUT2D eigenvalue weighted by atomic mass is 35.5. The molecule has 8 heteroatoms. The van der Waals surface area contributed by atoms with E-state index >= 15 is 0 Å². The second-order valence-electron chi connectivity index (χ2n) is 7.31. The van der Waals surface area contributed by atoms with Crippen LogP contribution in [0.4, 0.5) is 17.3 Å². The zero-order valence-electron chi connectivity index (χ0n) is 16.8. The Morgan fingerprint density at radius 1 is 0.903 bits per heavy atom. The smallest absolute Gasteiger partial charge is 0.257 e. The van der Waals surface area contributed by atoms with E-state index in [1.54, 1.807) is 67.0 Å². The SMILES string of the molecule is O=C(Nc1ccc(Cl)cc1)c1ccccc1NC(=O)C1CCN(c2ncccn2)CC1. The third-order valence-electron chi connectivity index (χ3n) is 5.23. The van der Waals surface area contributed by atoms with E-state index in [1.807, 2.05) is 0 Å². The van der Waals surface area contributed by atoms with E-state index in [0.717, 1.165) is 0 Å². The predicted octanol–water partition coefficient (Wildman–Crippen LogP) is 4.24. The highest BCUT2D eigenvalue weighted by Crippen LogP contribution is 2.24. The largest absolute Gasteiger partial charge is 0.341 e. The Kier molecular flexibility index (Phi) is 6.43. The maximum absolute atomic E-state index is 12.9. The van der Waals surface area contributed by atoms with Crippen molar-refractivity contribution in [1.82, 2.24) is 9.97 Å². The van der Waals surface area contributed by atoms with Crippen molar-refractivity contribution in [2.45, 2.75) is 12.8 Å². The van der Waals surface area contributed by atoms with E-state index in [-0.39, 0.29) is 17.7 Å². The third-order valence-corrected chi connectivity index (χ3v) is 5.48. The number of aromatic nitrogens is 2. The molecule has 0 saturated carbocycles. The second-order valence-corrected chi connectivity index (χ2v) is 7.74. The summed E-state index contributed by atoms with van der Waals surface area (Å²) in [5.41, 5.74) is 1.53. The lowest BCUT2D eigenvalue weighted by Crippen LogP contribution is -2.39. The van der Waals surface area contributed by atoms with Gasteiger partial charge in [-0.1, -0.05) is 23.7 Å². The molecule has 0 spiro atoms. The summed E-state index contributed by atoms with van der Waals surface area (Å²) >= 11 is 5.90. The second kappa shape index (κ2) is 9.57. The Hall–Kier alpha value is -3.45. The molecule has 2 aromatic carbocycles. The van der Waals surface area contributed by atoms with E-state index < -0.39 is 0 Å². The van der Waals surface area contributed by atoms with Gasteiger partial charge in [0, 0.05) is 42.1 Å². The Labute approximate surface area is 185 Å². The molecule has 2 amide bonds. The van der Waals surface area contributed by atoms with Crippen LogP contribution in [-0.4, -0.2) is 34.9 Å². The molecule has 2 N–H and O–H groups in total. The van der Waals surface area contributed by atoms with Crippen molar-refractivity contribution in [1.29, 1.82) is 0 Å². The summed E-state index contributed by atoms with van der Waals surface area (Å²) in [6.45, 7) is 1.42. The molecule has 31 heavy (non-hydrogen) atoms. The van der Waals surface area contributed by atoms with Crippen molar-refractivity contribution in [2.75, 3.05) is 28.6 Å². The van der Waals surface area contributed by atoms with Gasteiger partial charge >= 0.3 is 0 Å². The zero-order valence-corrected chi connectivity index (χ0v) is 17.5. The van der Waals surface area contributed by atoms with Crippen molar-refractivity contribution in [3.63, 3.8) is 0 Å². The Balaban J connectivity index is 1.39. The van der Waals surface area contributed by atoms with Crippen molar-refractivity contribution < 1.29 is 9.59 Å². The van der Waals surface area contributed by atoms with Crippen LogP contribution in [0, 0.1) is 5.92 Å². The van der Waals surface area contributed by atoms with Gasteiger partial charge in [-0.2, -0.15) is 0 Å². The maximum Gasteiger partial charge on any atom is 0.257 e. The Morgan fingerprint density at radius 2 is 1.58 bits per heavy atom. The van der Waals surface area contributed by atoms with E-state index in [0.29, 0.717) is 53.8 Å². The van der Waals surface area contributed by atoms with Crippen LogP contribution in [0.2, 0.25) is 5.02 Å². The lowest BCUT2D eigenvalue weighted by molar-refractivity contribution is -0.120. The molecule has 7 nitrogen and oxygen atoms in total. The summed E-state index contributed by atoms with van der Waals surface area (Å²) in [5, 5.41) is 6.37. The number of halogens is 1. The first-order chi connectivity index (χ1) is 15.1. The normalized spacial score (nSPS) is 14.2. The summed E-state index contributed by atoms with van der Waals surface area (Å²) < 4.78 is 0. The molecule has 4 rings (SSSR count). The number of piperidine rings is 1. The van der Waals surface area contributed by atoms with Gasteiger partial charge < -0.3 is 15.5 Å². The van der Waals surface area contributed by atoms with Gasteiger partial charge in [-0.25, -0.2) is 9.97 Å². The minimum absolute atomic E-state index is 0.0830. The molecule has 3 aromatic rings. The predicted molar refractivity (Wildman–Crippen MR) is 121 cm³/mol. The number of para-hydroxylation sites is 1. The minimum atomic E-state index is -0.297. The zero-order chi connectivity index (χ0) is 21.6. The van der Waals surface area contributed by atoms with Crippen LogP contribution in [0.5, 0.6) is 0 Å². The fourth-order valence-corrected chi connectivity index (χ4v) is 3.68. The van der Waals surface area contributed by atoms with Crippen LogP contribution < -0.4 is 15.5 Å². The van der Waals surface area contributed by atoms with Crippen LogP contribution in [0.25, 0.3) is 0 Å². The van der Waals surface area contributed by atoms with E-state index in [2.05, 4.69) is 25.5 Å². The molecule has 1 aliphatic heterocycles. The van der Waals surface area contributed by atoms with Gasteiger partial charge in [0.1, 0.15) is 0 Å². The lowest BCUT2D eigenvalue weighted by atomic mass is 9.96. The molecule has 0 bridgehead atoms. The Bertz CT molecular complexity index is 1050. The average molecular weight is 436 g/mol. The number of carbonyl (C=O) groups is 2. The Morgan fingerprint density at radius 3 is 2.29 bits per heavy atom. The molecule has 1 saturated heterocycles. The molecule has 0 atom stereocenters. The summed E-state index contributed by atoms with van der Waals surface area (Å²) in [7, 11) is 0. The van der Waals surface area contributed by atoms with Gasteiger partial charge in [0.2, 0.25) is 11.9 Å². The van der Waals surface area contributed by atoms with Crippen LogP contribution >= 0.6 is 11.6 Å². The fourth-order valence-electron chi connectivity index (χ4n) is 3.55. The van der Waals surface area contributed by atoms with Gasteiger partial charge in [-0.3, -0.25) is 9.59 Å². The quantitative estimate of drug-likeness (QED) is 0.626. The third kappa shape index (κ3) is 5.19. The molecule has 1 aliphatic rings. The number of rotatable bonds is 5. The van der Waals surface area contributed by atoms with Gasteiger partial charge in [0.15, 0.2) is 0 Å². The topological polar surface area (TPSA) is 87.2 Å². The highest BCUT2D eigenvalue weighted by Gasteiger charge is 2.27. The maximum atomic E-state index is 12.9. The molecule has 2 heterocycles. The summed E-state index contributed by atoms with van der Waals surface area (Å²) in [6.07, 6.45) is 4.83. The van der Waals surface area contributed by atoms with Gasteiger partial charge in [-0.05, 0) is 55.3 Å². The fraction of sp³-hybridized carbons (Fsp3) is 0.217. The highest BCUT2D eigenvalue weighted by molar-refractivity contribution is 6.30. The number of benzene rings is 2. The van der Waals surface area contributed by atoms with Crippen LogP contribution in [-0.2, 0) is 4.79 Å². The number of carbonyl (C=O) groups excluding carboxylic acids is 2. The summed E-state index contributed by atoms with van der Waals surface area (Å²) in [4.78, 5) is 36.3. The number of amides is 2. The first kappa shape index (κ1) is 20.8. The number of nitrogens with one attached hydrogen (secondary N) is 2. The molecule has 0 radical (unpaired) electrons. The number of anilines is 3. The van der Waals surface area contributed by atoms with E-state index in [1.165, 1.54) is 0 Å². The summed E-state index contributed by atoms with van der Waals surface area (Å²) in [6, 6.07) is 15.6. The van der Waals surface area contributed by atoms with Crippen molar-refractivity contribution in [3.05, 3.63) is 77.6 Å². The molecule has 1 fully saturated rings. The molecule has 1 aromatic heterocycles. The van der Waals surface area contributed by atoms with Crippen molar-refractivity contribution in [3.8, 4) is 0 Å². The lowest BCUT2D eigenvalue weighted by Gasteiger charge is -2.31. The van der Waals surface area contributed by atoms with Crippen molar-refractivity contribution in [2.24, 2.45) is 5.92 Å². The van der Waals surface area contributed by atoms with E-state index in [4.69, 9.17) is 11.6 Å². The molecule has 158 valence electrons. The average Bonchev–Trinajstić information content (AvgIpc) is 2.81. The standard InChI is InChI=1S/C23H22ClN5O2/c24-17-6-8-18(9-7-17)27-22(31)19-4-1-2-5-20(19)28-21(30)16-10-14-29(15-11-16)23-25-12-3-13-26-23/h1-9,12-13,16H,10-11,14-15H2,(H,27,31)(H,28,30). The van der Waals surface area contributed by atoms with Crippen LogP contribution in [0.1, 0.15) is 23.2 Å². The van der Waals surface area contributed by atoms with E-state index in [9.17, 15) is 9.59 Å². The molecule has 0 aliphatic carbocycles. The van der Waals surface area contributed by atoms with Gasteiger partial charge in [0.25, 0.3) is 5.91 Å². The van der Waals surface area contributed by atoms with Crippen LogP contribution in [0.3, 0.4) is 0 Å². The number of hydrogen-bond acceptors (Lipinski definition) is 5. The van der Waals surface area contributed by atoms with Crippen LogP contribution in [0.15, 0.2) is 67.0 Å². The number of hydrogen-bond donors (Lipinski definition) is 2. The molecular formula is C23H22ClN5O2.